The zero-order chi connectivity index (χ0) is 12.8. The van der Waals surface area contributed by atoms with Crippen molar-refractivity contribution in [2.24, 2.45) is 5.73 Å². The maximum atomic E-state index is 12.4. The maximum absolute atomic E-state index is 12.4. The van der Waals surface area contributed by atoms with Crippen molar-refractivity contribution in [2.45, 2.75) is 25.9 Å². The number of benzene rings is 1. The summed E-state index contributed by atoms with van der Waals surface area (Å²) in [4.78, 5) is 12.7. The molecule has 0 fully saturated rings. The zero-order valence-electron chi connectivity index (χ0n) is 9.64. The van der Waals surface area contributed by atoms with Crippen molar-refractivity contribution in [3.05, 3.63) is 35.9 Å². The Morgan fingerprint density at radius 1 is 1.35 bits per heavy atom. The highest BCUT2D eigenvalue weighted by atomic mass is 19.3. The van der Waals surface area contributed by atoms with Gasteiger partial charge < -0.3 is 10.6 Å². The number of nitrogens with zero attached hydrogens (tertiary/aromatic N) is 1. The first-order chi connectivity index (χ1) is 8.00. The lowest BCUT2D eigenvalue weighted by Gasteiger charge is -2.24. The minimum Gasteiger partial charge on any atom is -0.331 e. The normalized spacial score (nSPS) is 12.5. The molecule has 1 atom stereocenters. The molecule has 0 unspecified atom stereocenters. The number of hydrogen-bond acceptors (Lipinski definition) is 2. The second-order valence-electron chi connectivity index (χ2n) is 3.88. The monoisotopic (exact) mass is 242 g/mol. The summed E-state index contributed by atoms with van der Waals surface area (Å²) >= 11 is 0. The van der Waals surface area contributed by atoms with E-state index >= 15 is 0 Å². The lowest BCUT2D eigenvalue weighted by molar-refractivity contribution is -0.134. The van der Waals surface area contributed by atoms with E-state index in [1.807, 2.05) is 6.07 Å². The first kappa shape index (κ1) is 13.6. The molecule has 0 radical (unpaired) electrons. The number of rotatable bonds is 5. The molecule has 0 heterocycles. The van der Waals surface area contributed by atoms with Gasteiger partial charge in [0.15, 0.2) is 0 Å². The van der Waals surface area contributed by atoms with Crippen molar-refractivity contribution >= 4 is 5.91 Å². The molecule has 1 amide bonds. The number of amides is 1. The number of alkyl halides is 2. The first-order valence-corrected chi connectivity index (χ1v) is 5.37. The van der Waals surface area contributed by atoms with Crippen LogP contribution >= 0.6 is 0 Å². The minimum absolute atomic E-state index is 0.158. The number of halogens is 2. The SMILES string of the molecule is C[C@H](N)C(=O)N(Cc1ccccc1)CC(F)F. The minimum atomic E-state index is -2.55. The van der Waals surface area contributed by atoms with Crippen LogP contribution in [-0.4, -0.2) is 29.8 Å². The predicted molar refractivity (Wildman–Crippen MR) is 61.5 cm³/mol. The van der Waals surface area contributed by atoms with Crippen molar-refractivity contribution in [3.8, 4) is 0 Å². The van der Waals surface area contributed by atoms with E-state index in [1.54, 1.807) is 24.3 Å². The van der Waals surface area contributed by atoms with Crippen LogP contribution in [0, 0.1) is 0 Å². The summed E-state index contributed by atoms with van der Waals surface area (Å²) in [6.07, 6.45) is -2.55. The van der Waals surface area contributed by atoms with E-state index in [9.17, 15) is 13.6 Å². The summed E-state index contributed by atoms with van der Waals surface area (Å²) in [7, 11) is 0. The topological polar surface area (TPSA) is 46.3 Å². The van der Waals surface area contributed by atoms with Crippen molar-refractivity contribution in [1.82, 2.24) is 4.90 Å². The number of carbonyl (C=O) groups is 1. The van der Waals surface area contributed by atoms with Crippen LogP contribution in [0.4, 0.5) is 8.78 Å². The highest BCUT2D eigenvalue weighted by molar-refractivity contribution is 5.81. The van der Waals surface area contributed by atoms with E-state index in [-0.39, 0.29) is 6.54 Å². The van der Waals surface area contributed by atoms with Gasteiger partial charge in [-0.2, -0.15) is 0 Å². The number of hydrogen-bond donors (Lipinski definition) is 1. The molecule has 17 heavy (non-hydrogen) atoms. The van der Waals surface area contributed by atoms with E-state index in [0.717, 1.165) is 10.5 Å². The molecule has 0 aliphatic rings. The zero-order valence-corrected chi connectivity index (χ0v) is 9.64. The molecule has 0 aliphatic heterocycles. The Morgan fingerprint density at radius 3 is 2.41 bits per heavy atom. The molecule has 94 valence electrons. The number of nitrogens with two attached hydrogens (primary N) is 1. The molecule has 5 heteroatoms. The maximum Gasteiger partial charge on any atom is 0.255 e. The lowest BCUT2D eigenvalue weighted by Crippen LogP contribution is -2.43. The van der Waals surface area contributed by atoms with Crippen LogP contribution in [0.3, 0.4) is 0 Å². The molecule has 1 aromatic carbocycles. The summed E-state index contributed by atoms with van der Waals surface area (Å²) in [5.74, 6) is -0.464. The van der Waals surface area contributed by atoms with Gasteiger partial charge in [0, 0.05) is 6.54 Å². The van der Waals surface area contributed by atoms with E-state index in [4.69, 9.17) is 5.73 Å². The molecule has 0 aromatic heterocycles. The Morgan fingerprint density at radius 2 is 1.94 bits per heavy atom. The highest BCUT2D eigenvalue weighted by Crippen LogP contribution is 2.08. The van der Waals surface area contributed by atoms with Crippen LogP contribution in [-0.2, 0) is 11.3 Å². The van der Waals surface area contributed by atoms with Crippen LogP contribution in [0.15, 0.2) is 30.3 Å². The molecule has 1 rings (SSSR count). The van der Waals surface area contributed by atoms with Gasteiger partial charge >= 0.3 is 0 Å². The van der Waals surface area contributed by atoms with Gasteiger partial charge in [0.05, 0.1) is 12.6 Å². The third-order valence-corrected chi connectivity index (χ3v) is 2.28. The highest BCUT2D eigenvalue weighted by Gasteiger charge is 2.21. The molecular formula is C12H16F2N2O. The average molecular weight is 242 g/mol. The number of carbonyl (C=O) groups excluding carboxylic acids is 1. The fraction of sp³-hybridized carbons (Fsp3) is 0.417. The largest absolute Gasteiger partial charge is 0.331 e. The third-order valence-electron chi connectivity index (χ3n) is 2.28. The van der Waals surface area contributed by atoms with Crippen LogP contribution in [0.25, 0.3) is 0 Å². The third kappa shape index (κ3) is 4.48. The van der Waals surface area contributed by atoms with Gasteiger partial charge in [-0.05, 0) is 12.5 Å². The smallest absolute Gasteiger partial charge is 0.255 e. The van der Waals surface area contributed by atoms with Gasteiger partial charge in [0.1, 0.15) is 0 Å². The fourth-order valence-electron chi connectivity index (χ4n) is 1.49. The van der Waals surface area contributed by atoms with Gasteiger partial charge in [-0.25, -0.2) is 8.78 Å². The van der Waals surface area contributed by atoms with Gasteiger partial charge in [0.2, 0.25) is 5.91 Å². The van der Waals surface area contributed by atoms with Crippen LogP contribution < -0.4 is 5.73 Å². The van der Waals surface area contributed by atoms with E-state index < -0.39 is 24.9 Å². The molecule has 2 N–H and O–H groups in total. The molecule has 1 aromatic rings. The first-order valence-electron chi connectivity index (χ1n) is 5.37. The molecule has 0 saturated heterocycles. The average Bonchev–Trinajstić information content (AvgIpc) is 2.28. The Balaban J connectivity index is 2.74. The van der Waals surface area contributed by atoms with Gasteiger partial charge in [-0.3, -0.25) is 4.79 Å². The van der Waals surface area contributed by atoms with Crippen LogP contribution in [0.1, 0.15) is 12.5 Å². The van der Waals surface area contributed by atoms with Gasteiger partial charge in [-0.1, -0.05) is 30.3 Å². The summed E-state index contributed by atoms with van der Waals surface area (Å²) < 4.78 is 24.8. The second kappa shape index (κ2) is 6.30. The summed E-state index contributed by atoms with van der Waals surface area (Å²) in [5, 5.41) is 0. The predicted octanol–water partition coefficient (Wildman–Crippen LogP) is 1.63. The quantitative estimate of drug-likeness (QED) is 0.853. The summed E-state index contributed by atoms with van der Waals surface area (Å²) in [6.45, 7) is 1.06. The summed E-state index contributed by atoms with van der Waals surface area (Å²) in [6, 6.07) is 8.23. The molecule has 0 bridgehead atoms. The molecule has 3 nitrogen and oxygen atoms in total. The van der Waals surface area contributed by atoms with E-state index in [1.165, 1.54) is 6.92 Å². The van der Waals surface area contributed by atoms with Crippen molar-refractivity contribution in [1.29, 1.82) is 0 Å². The molecule has 0 aliphatic carbocycles. The van der Waals surface area contributed by atoms with Gasteiger partial charge in [-0.15, -0.1) is 0 Å². The standard InChI is InChI=1S/C12H16F2N2O/c1-9(15)12(17)16(8-11(13)14)7-10-5-3-2-4-6-10/h2-6,9,11H,7-8,15H2,1H3/t9-/m0/s1. The summed E-state index contributed by atoms with van der Waals surface area (Å²) in [5.41, 5.74) is 6.24. The molecule has 0 saturated carbocycles. The van der Waals surface area contributed by atoms with Gasteiger partial charge in [0.25, 0.3) is 6.43 Å². The fourth-order valence-corrected chi connectivity index (χ4v) is 1.49. The van der Waals surface area contributed by atoms with E-state index in [0.29, 0.717) is 0 Å². The van der Waals surface area contributed by atoms with Crippen LogP contribution in [0.5, 0.6) is 0 Å². The Kier molecular flexibility index (Phi) is 5.03. The second-order valence-corrected chi connectivity index (χ2v) is 3.88. The lowest BCUT2D eigenvalue weighted by atomic mass is 10.2. The Bertz CT molecular complexity index is 355. The van der Waals surface area contributed by atoms with E-state index in [2.05, 4.69) is 0 Å². The Labute approximate surface area is 99.2 Å². The van der Waals surface area contributed by atoms with Crippen molar-refractivity contribution in [3.63, 3.8) is 0 Å². The Hall–Kier alpha value is -1.49. The van der Waals surface area contributed by atoms with Crippen LogP contribution in [0.2, 0.25) is 0 Å². The molecular weight excluding hydrogens is 226 g/mol. The molecule has 0 spiro atoms. The van der Waals surface area contributed by atoms with Crippen molar-refractivity contribution < 1.29 is 13.6 Å². The van der Waals surface area contributed by atoms with Crippen molar-refractivity contribution in [2.75, 3.05) is 6.54 Å².